The summed E-state index contributed by atoms with van der Waals surface area (Å²) in [6.07, 6.45) is 3.64. The molecule has 0 aromatic heterocycles. The van der Waals surface area contributed by atoms with E-state index in [-0.39, 0.29) is 63.8 Å². The lowest BCUT2D eigenvalue weighted by atomic mass is 9.77. The summed E-state index contributed by atoms with van der Waals surface area (Å²) >= 11 is 0. The molecule has 0 saturated heterocycles. The van der Waals surface area contributed by atoms with Crippen molar-refractivity contribution < 1.29 is 31.1 Å². The number of anilines is 2. The molecule has 200 valence electrons. The van der Waals surface area contributed by atoms with E-state index in [1.807, 2.05) is 0 Å². The van der Waals surface area contributed by atoms with Crippen molar-refractivity contribution >= 4 is 43.2 Å². The number of aliphatic hydroxyl groups is 1. The summed E-state index contributed by atoms with van der Waals surface area (Å²) in [6, 6.07) is 9.49. The summed E-state index contributed by atoms with van der Waals surface area (Å²) in [5.41, 5.74) is 0.654. The Morgan fingerprint density at radius 1 is 1.16 bits per heavy atom. The molecule has 2 aliphatic heterocycles. The van der Waals surface area contributed by atoms with Gasteiger partial charge in [0.2, 0.25) is 10.0 Å². The van der Waals surface area contributed by atoms with Crippen molar-refractivity contribution in [1.82, 2.24) is 4.90 Å². The lowest BCUT2D eigenvalue weighted by Crippen LogP contribution is -2.53. The van der Waals surface area contributed by atoms with Gasteiger partial charge in [-0.2, -0.15) is 8.42 Å². The minimum absolute atomic E-state index is 0.0429. The number of nitrogens with zero attached hydrogens (tertiary/aromatic N) is 2. The van der Waals surface area contributed by atoms with Gasteiger partial charge >= 0.3 is 0 Å². The summed E-state index contributed by atoms with van der Waals surface area (Å²) in [4.78, 5) is 15.3. The SMILES string of the molecule is CS(=O)(=O)Nc1ccc2c(c1)S(=O)(=O)N=C(C1=C(O)[C@H]3C4CCC(C4)[C@H]3N(Cc3ccc(F)cc3)C1=O)N2. The number of aliphatic hydroxyl groups excluding tert-OH is 1. The highest BCUT2D eigenvalue weighted by Gasteiger charge is 2.57. The lowest BCUT2D eigenvalue weighted by molar-refractivity contribution is -0.134. The molecule has 1 amide bonds. The molecule has 0 radical (unpaired) electrons. The van der Waals surface area contributed by atoms with Crippen LogP contribution in [0.25, 0.3) is 0 Å². The van der Waals surface area contributed by atoms with E-state index in [4.69, 9.17) is 0 Å². The Labute approximate surface area is 219 Å². The monoisotopic (exact) mass is 560 g/mol. The second-order valence-corrected chi connectivity index (χ2v) is 13.6. The number of fused-ring (bicyclic) bond motifs is 6. The van der Waals surface area contributed by atoms with Crippen LogP contribution in [0.2, 0.25) is 0 Å². The third-order valence-corrected chi connectivity index (χ3v) is 9.73. The Hall–Kier alpha value is -3.45. The maximum atomic E-state index is 13.9. The molecule has 2 fully saturated rings. The van der Waals surface area contributed by atoms with Crippen LogP contribution >= 0.6 is 0 Å². The molecule has 13 heteroatoms. The second-order valence-electron chi connectivity index (χ2n) is 10.3. The minimum Gasteiger partial charge on any atom is -0.511 e. The first-order valence-electron chi connectivity index (χ1n) is 12.1. The fourth-order valence-electron chi connectivity index (χ4n) is 6.38. The number of rotatable bonds is 5. The molecule has 3 N–H and O–H groups in total. The summed E-state index contributed by atoms with van der Waals surface area (Å²) < 4.78 is 69.0. The average Bonchev–Trinajstić information content (AvgIpc) is 3.45. The van der Waals surface area contributed by atoms with Crippen molar-refractivity contribution in [2.45, 2.75) is 36.7 Å². The average molecular weight is 561 g/mol. The van der Waals surface area contributed by atoms with E-state index in [0.29, 0.717) is 5.56 Å². The minimum atomic E-state index is -4.35. The number of amidine groups is 1. The molecule has 2 bridgehead atoms. The molecule has 2 aromatic carbocycles. The summed E-state index contributed by atoms with van der Waals surface area (Å²) in [7, 11) is -7.99. The maximum absolute atomic E-state index is 13.9. The standard InChI is InChI=1S/C25H25FN4O6S2/c1-37(33,34)28-17-8-9-18-19(11-17)38(35,36)29-24(27-18)21-23(31)20-14-4-5-15(10-14)22(20)30(25(21)32)12-13-2-6-16(26)7-3-13/h2-3,6-9,11,14-15,20,22,28,31H,4-5,10,12H2,1H3,(H,27,29)/t14?,15?,20-,22+/m0/s1. The summed E-state index contributed by atoms with van der Waals surface area (Å²) in [5.74, 6) is -1.38. The number of nitrogens with one attached hydrogen (secondary N) is 2. The van der Waals surface area contributed by atoms with Crippen LogP contribution in [0.1, 0.15) is 24.8 Å². The lowest BCUT2D eigenvalue weighted by Gasteiger charge is -2.44. The molecule has 2 heterocycles. The predicted molar refractivity (Wildman–Crippen MR) is 138 cm³/mol. The predicted octanol–water partition coefficient (Wildman–Crippen LogP) is 2.98. The van der Waals surface area contributed by atoms with Crippen LogP contribution in [-0.2, 0) is 31.4 Å². The number of carbonyl (C=O) groups excluding carboxylic acids is 1. The topological polar surface area (TPSA) is 145 Å². The molecule has 2 saturated carbocycles. The molecule has 38 heavy (non-hydrogen) atoms. The Morgan fingerprint density at radius 2 is 1.87 bits per heavy atom. The van der Waals surface area contributed by atoms with Crippen molar-refractivity contribution in [2.75, 3.05) is 16.3 Å². The van der Waals surface area contributed by atoms with Crippen LogP contribution in [0.3, 0.4) is 0 Å². The first kappa shape index (κ1) is 24.9. The fraction of sp³-hybridized carbons (Fsp3) is 0.360. The Morgan fingerprint density at radius 3 is 2.58 bits per heavy atom. The quantitative estimate of drug-likeness (QED) is 0.510. The number of benzene rings is 2. The molecular weight excluding hydrogens is 535 g/mol. The van der Waals surface area contributed by atoms with Crippen LogP contribution in [0.4, 0.5) is 15.8 Å². The highest BCUT2D eigenvalue weighted by Crippen LogP contribution is 2.55. The molecule has 6 rings (SSSR count). The Kier molecular flexibility index (Phi) is 5.58. The summed E-state index contributed by atoms with van der Waals surface area (Å²) in [5, 5.41) is 14.3. The van der Waals surface area contributed by atoms with Crippen LogP contribution in [-0.4, -0.2) is 50.9 Å². The molecule has 2 unspecified atom stereocenters. The van der Waals surface area contributed by atoms with Gasteiger partial charge in [0.15, 0.2) is 5.84 Å². The first-order valence-corrected chi connectivity index (χ1v) is 15.5. The van der Waals surface area contributed by atoms with Crippen LogP contribution < -0.4 is 10.0 Å². The van der Waals surface area contributed by atoms with Crippen molar-refractivity contribution in [3.63, 3.8) is 0 Å². The van der Waals surface area contributed by atoms with E-state index in [0.717, 1.165) is 31.6 Å². The van der Waals surface area contributed by atoms with E-state index in [2.05, 4.69) is 14.4 Å². The van der Waals surface area contributed by atoms with Crippen molar-refractivity contribution in [3.8, 4) is 0 Å². The molecule has 4 aliphatic rings. The van der Waals surface area contributed by atoms with E-state index < -0.39 is 31.8 Å². The Bertz CT molecular complexity index is 1640. The fourth-order valence-corrected chi connectivity index (χ4v) is 8.08. The molecule has 2 aromatic rings. The molecule has 10 nitrogen and oxygen atoms in total. The van der Waals surface area contributed by atoms with E-state index in [9.17, 15) is 31.1 Å². The highest BCUT2D eigenvalue weighted by atomic mass is 32.2. The van der Waals surface area contributed by atoms with E-state index >= 15 is 0 Å². The first-order chi connectivity index (χ1) is 17.9. The number of carbonyl (C=O) groups is 1. The van der Waals surface area contributed by atoms with Crippen LogP contribution in [0.15, 0.2) is 63.1 Å². The van der Waals surface area contributed by atoms with E-state index in [1.165, 1.54) is 24.3 Å². The molecule has 2 aliphatic carbocycles. The van der Waals surface area contributed by atoms with Gasteiger partial charge in [-0.05, 0) is 67.0 Å². The smallest absolute Gasteiger partial charge is 0.286 e. The van der Waals surface area contributed by atoms with Crippen molar-refractivity contribution in [1.29, 1.82) is 0 Å². The van der Waals surface area contributed by atoms with Gasteiger partial charge in [0.25, 0.3) is 15.9 Å². The number of hydrogen-bond acceptors (Lipinski definition) is 7. The number of halogens is 1. The normalized spacial score (nSPS) is 27.5. The van der Waals surface area contributed by atoms with Gasteiger partial charge in [-0.25, -0.2) is 12.8 Å². The second kappa shape index (κ2) is 8.53. The number of sulfonamides is 2. The zero-order chi connectivity index (χ0) is 27.0. The van der Waals surface area contributed by atoms with Crippen molar-refractivity contribution in [3.05, 3.63) is 65.2 Å². The number of amides is 1. The van der Waals surface area contributed by atoms with Gasteiger partial charge in [0.1, 0.15) is 22.0 Å². The largest absolute Gasteiger partial charge is 0.511 e. The van der Waals surface area contributed by atoms with Gasteiger partial charge in [0, 0.05) is 24.2 Å². The molecular formula is C25H25FN4O6S2. The van der Waals surface area contributed by atoms with Gasteiger partial charge in [-0.3, -0.25) is 9.52 Å². The van der Waals surface area contributed by atoms with Gasteiger partial charge in [-0.1, -0.05) is 12.1 Å². The van der Waals surface area contributed by atoms with Gasteiger partial charge < -0.3 is 15.3 Å². The summed E-state index contributed by atoms with van der Waals surface area (Å²) in [6.45, 7) is 0.178. The van der Waals surface area contributed by atoms with Crippen molar-refractivity contribution in [2.24, 2.45) is 22.2 Å². The Balaban J connectivity index is 1.41. The zero-order valence-electron chi connectivity index (χ0n) is 20.3. The third-order valence-electron chi connectivity index (χ3n) is 7.81. The number of hydrogen-bond donors (Lipinski definition) is 3. The van der Waals surface area contributed by atoms with E-state index in [1.54, 1.807) is 17.0 Å². The molecule has 0 spiro atoms. The van der Waals surface area contributed by atoms with Crippen LogP contribution in [0.5, 0.6) is 0 Å². The van der Waals surface area contributed by atoms with Crippen LogP contribution in [0, 0.1) is 23.6 Å². The zero-order valence-corrected chi connectivity index (χ0v) is 21.9. The highest BCUT2D eigenvalue weighted by molar-refractivity contribution is 7.92. The molecule has 4 atom stereocenters. The van der Waals surface area contributed by atoms with Gasteiger partial charge in [-0.15, -0.1) is 4.40 Å². The maximum Gasteiger partial charge on any atom is 0.286 e. The third kappa shape index (κ3) is 4.13. The van der Waals surface area contributed by atoms with Gasteiger partial charge in [0.05, 0.1) is 11.9 Å².